The maximum Gasteiger partial charge on any atom is 0.411 e. The maximum atomic E-state index is 12.1. The van der Waals surface area contributed by atoms with Gasteiger partial charge in [-0.15, -0.1) is 0 Å². The zero-order valence-corrected chi connectivity index (χ0v) is 11.3. The van der Waals surface area contributed by atoms with Gasteiger partial charge in [0.2, 0.25) is 0 Å². The second-order valence-electron chi connectivity index (χ2n) is 4.49. The third-order valence-electron chi connectivity index (χ3n) is 2.85. The fraction of sp³-hybridized carbons (Fsp3) is 0.571. The van der Waals surface area contributed by atoms with E-state index in [0.29, 0.717) is 6.54 Å². The topological polar surface area (TPSA) is 21.3 Å². The molecule has 0 bridgehead atoms. The van der Waals surface area contributed by atoms with E-state index in [2.05, 4.69) is 5.32 Å². The SMILES string of the molecule is CCNCC(COCC(F)(F)F)c1ccccc1C. The van der Waals surface area contributed by atoms with Gasteiger partial charge in [0.25, 0.3) is 0 Å². The lowest BCUT2D eigenvalue weighted by Gasteiger charge is -2.20. The van der Waals surface area contributed by atoms with E-state index in [1.54, 1.807) is 0 Å². The Kier molecular flexibility index (Phi) is 6.31. The van der Waals surface area contributed by atoms with E-state index in [1.807, 2.05) is 38.1 Å². The Morgan fingerprint density at radius 1 is 1.26 bits per heavy atom. The fourth-order valence-electron chi connectivity index (χ4n) is 1.94. The smallest absolute Gasteiger partial charge is 0.371 e. The fourth-order valence-corrected chi connectivity index (χ4v) is 1.94. The first-order chi connectivity index (χ1) is 8.94. The molecular weight excluding hydrogens is 255 g/mol. The summed E-state index contributed by atoms with van der Waals surface area (Å²) >= 11 is 0. The molecule has 0 saturated carbocycles. The van der Waals surface area contributed by atoms with Crippen LogP contribution in [0.5, 0.6) is 0 Å². The molecule has 0 aromatic heterocycles. The van der Waals surface area contributed by atoms with Crippen molar-refractivity contribution in [1.29, 1.82) is 0 Å². The minimum atomic E-state index is -4.27. The van der Waals surface area contributed by atoms with E-state index in [9.17, 15) is 13.2 Å². The Balaban J connectivity index is 2.64. The predicted octanol–water partition coefficient (Wildman–Crippen LogP) is 3.27. The normalized spacial score (nSPS) is 13.5. The minimum absolute atomic E-state index is 0.0662. The Morgan fingerprint density at radius 2 is 1.95 bits per heavy atom. The summed E-state index contributed by atoms with van der Waals surface area (Å²) in [4.78, 5) is 0. The number of ether oxygens (including phenoxy) is 1. The first-order valence-electron chi connectivity index (χ1n) is 6.34. The molecule has 1 unspecified atom stereocenters. The van der Waals surface area contributed by atoms with Gasteiger partial charge in [0.05, 0.1) is 6.61 Å². The second-order valence-corrected chi connectivity index (χ2v) is 4.49. The van der Waals surface area contributed by atoms with Crippen LogP contribution in [0.15, 0.2) is 24.3 Å². The molecule has 0 heterocycles. The number of benzene rings is 1. The van der Waals surface area contributed by atoms with E-state index in [1.165, 1.54) is 0 Å². The first-order valence-corrected chi connectivity index (χ1v) is 6.34. The van der Waals surface area contributed by atoms with Crippen molar-refractivity contribution in [3.8, 4) is 0 Å². The molecule has 1 aromatic carbocycles. The van der Waals surface area contributed by atoms with Crippen LogP contribution in [-0.2, 0) is 4.74 Å². The third-order valence-corrected chi connectivity index (χ3v) is 2.85. The molecule has 0 radical (unpaired) electrons. The van der Waals surface area contributed by atoms with Crippen LogP contribution >= 0.6 is 0 Å². The van der Waals surface area contributed by atoms with Gasteiger partial charge in [-0.05, 0) is 24.6 Å². The van der Waals surface area contributed by atoms with Crippen LogP contribution in [0.1, 0.15) is 24.0 Å². The molecule has 0 saturated heterocycles. The van der Waals surface area contributed by atoms with Crippen LogP contribution in [0.2, 0.25) is 0 Å². The molecule has 19 heavy (non-hydrogen) atoms. The zero-order valence-electron chi connectivity index (χ0n) is 11.3. The van der Waals surface area contributed by atoms with E-state index in [-0.39, 0.29) is 12.5 Å². The van der Waals surface area contributed by atoms with Gasteiger partial charge in [0.15, 0.2) is 0 Å². The van der Waals surface area contributed by atoms with Crippen molar-refractivity contribution in [1.82, 2.24) is 5.32 Å². The van der Waals surface area contributed by atoms with Crippen LogP contribution in [0, 0.1) is 6.92 Å². The van der Waals surface area contributed by atoms with Crippen molar-refractivity contribution in [2.75, 3.05) is 26.3 Å². The van der Waals surface area contributed by atoms with Gasteiger partial charge in [-0.25, -0.2) is 0 Å². The van der Waals surface area contributed by atoms with Gasteiger partial charge in [-0.3, -0.25) is 0 Å². The Labute approximate surface area is 112 Å². The number of likely N-dealkylation sites (N-methyl/N-ethyl adjacent to an activating group) is 1. The molecule has 0 amide bonds. The number of nitrogens with one attached hydrogen (secondary N) is 1. The van der Waals surface area contributed by atoms with Crippen LogP contribution in [0.3, 0.4) is 0 Å². The van der Waals surface area contributed by atoms with Crippen molar-refractivity contribution in [3.63, 3.8) is 0 Å². The summed E-state index contributed by atoms with van der Waals surface area (Å²) in [6.07, 6.45) is -4.27. The van der Waals surface area contributed by atoms with Crippen LogP contribution in [0.4, 0.5) is 13.2 Å². The average Bonchev–Trinajstić information content (AvgIpc) is 2.33. The monoisotopic (exact) mass is 275 g/mol. The molecule has 0 aliphatic heterocycles. The van der Waals surface area contributed by atoms with Crippen molar-refractivity contribution in [3.05, 3.63) is 35.4 Å². The standard InChI is InChI=1S/C14H20F3NO/c1-3-18-8-12(9-19-10-14(15,16)17)13-7-5-4-6-11(13)2/h4-7,12,18H,3,8-10H2,1-2H3. The summed E-state index contributed by atoms with van der Waals surface area (Å²) in [7, 11) is 0. The van der Waals surface area contributed by atoms with Gasteiger partial charge in [-0.1, -0.05) is 31.2 Å². The summed E-state index contributed by atoms with van der Waals surface area (Å²) in [6.45, 7) is 4.18. The Hall–Kier alpha value is -1.07. The van der Waals surface area contributed by atoms with Crippen LogP contribution in [-0.4, -0.2) is 32.5 Å². The predicted molar refractivity (Wildman–Crippen MR) is 69.3 cm³/mol. The highest BCUT2D eigenvalue weighted by molar-refractivity contribution is 5.29. The number of rotatable bonds is 7. The van der Waals surface area contributed by atoms with Gasteiger partial charge in [0, 0.05) is 12.5 Å². The highest BCUT2D eigenvalue weighted by Crippen LogP contribution is 2.21. The molecule has 2 nitrogen and oxygen atoms in total. The lowest BCUT2D eigenvalue weighted by Crippen LogP contribution is -2.27. The van der Waals surface area contributed by atoms with E-state index < -0.39 is 12.8 Å². The van der Waals surface area contributed by atoms with Crippen LogP contribution in [0.25, 0.3) is 0 Å². The lowest BCUT2D eigenvalue weighted by atomic mass is 9.95. The van der Waals surface area contributed by atoms with E-state index in [4.69, 9.17) is 4.74 Å². The minimum Gasteiger partial charge on any atom is -0.371 e. The van der Waals surface area contributed by atoms with Gasteiger partial charge in [0.1, 0.15) is 6.61 Å². The van der Waals surface area contributed by atoms with Crippen molar-refractivity contribution in [2.45, 2.75) is 25.9 Å². The molecule has 1 N–H and O–H groups in total. The molecule has 1 atom stereocenters. The van der Waals surface area contributed by atoms with Crippen molar-refractivity contribution >= 4 is 0 Å². The highest BCUT2D eigenvalue weighted by atomic mass is 19.4. The van der Waals surface area contributed by atoms with Crippen molar-refractivity contribution in [2.24, 2.45) is 0 Å². The largest absolute Gasteiger partial charge is 0.411 e. The maximum absolute atomic E-state index is 12.1. The first kappa shape index (κ1) is 16.0. The zero-order chi connectivity index (χ0) is 14.3. The number of hydrogen-bond donors (Lipinski definition) is 1. The summed E-state index contributed by atoms with van der Waals surface area (Å²) in [6, 6.07) is 7.71. The molecule has 0 spiro atoms. The molecule has 5 heteroatoms. The molecule has 1 aromatic rings. The molecule has 108 valence electrons. The highest BCUT2D eigenvalue weighted by Gasteiger charge is 2.28. The van der Waals surface area contributed by atoms with E-state index >= 15 is 0 Å². The summed E-state index contributed by atoms with van der Waals surface area (Å²) in [5, 5.41) is 3.16. The van der Waals surface area contributed by atoms with Crippen LogP contribution < -0.4 is 5.32 Å². The molecule has 0 aliphatic carbocycles. The number of hydrogen-bond acceptors (Lipinski definition) is 2. The molecular formula is C14H20F3NO. The second kappa shape index (κ2) is 7.50. The summed E-state index contributed by atoms with van der Waals surface area (Å²) in [5.74, 6) is -0.0662. The van der Waals surface area contributed by atoms with E-state index in [0.717, 1.165) is 17.7 Å². The van der Waals surface area contributed by atoms with Crippen molar-refractivity contribution < 1.29 is 17.9 Å². The average molecular weight is 275 g/mol. The summed E-state index contributed by atoms with van der Waals surface area (Å²) < 4.78 is 41.1. The summed E-state index contributed by atoms with van der Waals surface area (Å²) in [5.41, 5.74) is 2.10. The Bertz CT molecular complexity index is 379. The van der Waals surface area contributed by atoms with Gasteiger partial charge >= 0.3 is 6.18 Å². The number of halogens is 3. The number of aryl methyl sites for hydroxylation is 1. The molecule has 0 aliphatic rings. The van der Waals surface area contributed by atoms with Gasteiger partial charge in [-0.2, -0.15) is 13.2 Å². The quantitative estimate of drug-likeness (QED) is 0.824. The van der Waals surface area contributed by atoms with Gasteiger partial charge < -0.3 is 10.1 Å². The third kappa shape index (κ3) is 6.07. The lowest BCUT2D eigenvalue weighted by molar-refractivity contribution is -0.174. The number of alkyl halides is 3. The Morgan fingerprint density at radius 3 is 2.53 bits per heavy atom. The molecule has 0 fully saturated rings. The molecule has 1 rings (SSSR count).